The number of carbonyl (C=O) groups excluding carboxylic acids is 2. The minimum atomic E-state index is -0.371. The molecule has 0 N–H and O–H groups in total. The molecule has 1 amide bonds. The zero-order chi connectivity index (χ0) is 22.5. The number of hydrazone groups is 1. The number of amides is 1. The Hall–Kier alpha value is -4.19. The third-order valence-electron chi connectivity index (χ3n) is 5.01. The number of benzene rings is 3. The van der Waals surface area contributed by atoms with Crippen molar-refractivity contribution in [2.75, 3.05) is 12.1 Å². The first kappa shape index (κ1) is 21.1. The summed E-state index contributed by atoms with van der Waals surface area (Å²) >= 11 is 0. The molecule has 160 valence electrons. The van der Waals surface area contributed by atoms with Gasteiger partial charge < -0.3 is 9.47 Å². The summed E-state index contributed by atoms with van der Waals surface area (Å²) in [5.41, 5.74) is 4.20. The number of rotatable bonds is 6. The van der Waals surface area contributed by atoms with Crippen molar-refractivity contribution in [3.8, 4) is 5.75 Å². The van der Waals surface area contributed by atoms with Crippen LogP contribution in [0.5, 0.6) is 5.75 Å². The molecule has 1 heterocycles. The number of nitrogens with zero attached hydrogens (tertiary/aromatic N) is 2. The number of hydrogen-bond donors (Lipinski definition) is 0. The highest BCUT2D eigenvalue weighted by Crippen LogP contribution is 2.25. The second-order valence-corrected chi connectivity index (χ2v) is 7.25. The second kappa shape index (κ2) is 9.31. The van der Waals surface area contributed by atoms with Crippen LogP contribution < -0.4 is 9.75 Å². The van der Waals surface area contributed by atoms with E-state index in [1.54, 1.807) is 12.1 Å². The number of anilines is 1. The van der Waals surface area contributed by atoms with Crippen molar-refractivity contribution in [2.24, 2.45) is 5.10 Å². The van der Waals surface area contributed by atoms with Crippen molar-refractivity contribution in [1.29, 1.82) is 0 Å². The highest BCUT2D eigenvalue weighted by Gasteiger charge is 2.28. The van der Waals surface area contributed by atoms with E-state index in [9.17, 15) is 9.59 Å². The van der Waals surface area contributed by atoms with Gasteiger partial charge in [-0.2, -0.15) is 10.1 Å². The Morgan fingerprint density at radius 2 is 1.75 bits per heavy atom. The zero-order valence-corrected chi connectivity index (χ0v) is 17.8. The molecule has 0 bridgehead atoms. The minimum Gasteiger partial charge on any atom is -0.489 e. The molecule has 1 aliphatic rings. The van der Waals surface area contributed by atoms with Gasteiger partial charge in [0.1, 0.15) is 12.4 Å². The predicted octanol–water partition coefficient (Wildman–Crippen LogP) is 4.86. The summed E-state index contributed by atoms with van der Waals surface area (Å²) in [6.45, 7) is 2.17. The van der Waals surface area contributed by atoms with E-state index in [2.05, 4.69) is 5.10 Å². The third-order valence-corrected chi connectivity index (χ3v) is 5.01. The number of ether oxygens (including phenoxy) is 2. The van der Waals surface area contributed by atoms with Crippen LogP contribution in [0.3, 0.4) is 0 Å². The van der Waals surface area contributed by atoms with Crippen LogP contribution in [0.1, 0.15) is 28.4 Å². The number of para-hydroxylation sites is 1. The van der Waals surface area contributed by atoms with E-state index in [1.165, 1.54) is 12.1 Å². The maximum atomic E-state index is 12.9. The van der Waals surface area contributed by atoms with Gasteiger partial charge in [0.25, 0.3) is 5.91 Å². The maximum absolute atomic E-state index is 12.9. The Balaban J connectivity index is 1.46. The van der Waals surface area contributed by atoms with Crippen molar-refractivity contribution < 1.29 is 19.1 Å². The van der Waals surface area contributed by atoms with Gasteiger partial charge in [0.2, 0.25) is 0 Å². The Morgan fingerprint density at radius 3 is 2.47 bits per heavy atom. The molecule has 0 spiro atoms. The molecule has 0 fully saturated rings. The van der Waals surface area contributed by atoms with Crippen LogP contribution in [0.25, 0.3) is 6.08 Å². The standard InChI is InChI=1S/C26H22N2O4/c1-18-24(25(29)28(27-18)22-8-4-3-5-9-22)16-20-7-6-10-23(15-20)32-17-19-11-13-21(14-12-19)26(30)31-2/h3-16H,17H2,1-2H3. The predicted molar refractivity (Wildman–Crippen MR) is 124 cm³/mol. The summed E-state index contributed by atoms with van der Waals surface area (Å²) in [4.78, 5) is 24.4. The van der Waals surface area contributed by atoms with Gasteiger partial charge in [0.05, 0.1) is 29.6 Å². The number of methoxy groups -OCH3 is 1. The molecule has 32 heavy (non-hydrogen) atoms. The fourth-order valence-corrected chi connectivity index (χ4v) is 3.31. The average molecular weight is 426 g/mol. The summed E-state index contributed by atoms with van der Waals surface area (Å²) in [5.74, 6) is 0.145. The summed E-state index contributed by atoms with van der Waals surface area (Å²) in [5, 5.41) is 5.83. The van der Waals surface area contributed by atoms with Gasteiger partial charge in [-0.15, -0.1) is 0 Å². The third kappa shape index (κ3) is 4.59. The molecule has 0 aliphatic carbocycles. The summed E-state index contributed by atoms with van der Waals surface area (Å²) < 4.78 is 10.6. The monoisotopic (exact) mass is 426 g/mol. The Morgan fingerprint density at radius 1 is 1.00 bits per heavy atom. The first-order valence-electron chi connectivity index (χ1n) is 10.1. The first-order valence-corrected chi connectivity index (χ1v) is 10.1. The topological polar surface area (TPSA) is 68.2 Å². The van der Waals surface area contributed by atoms with Crippen molar-refractivity contribution in [1.82, 2.24) is 0 Å². The van der Waals surface area contributed by atoms with Crippen LogP contribution in [0.4, 0.5) is 5.69 Å². The molecular weight excluding hydrogens is 404 g/mol. The lowest BCUT2D eigenvalue weighted by molar-refractivity contribution is -0.114. The Kier molecular flexibility index (Phi) is 6.12. The van der Waals surface area contributed by atoms with Crippen LogP contribution in [0.2, 0.25) is 0 Å². The molecule has 0 aromatic heterocycles. The van der Waals surface area contributed by atoms with Crippen LogP contribution in [-0.2, 0) is 16.1 Å². The van der Waals surface area contributed by atoms with Gasteiger partial charge in [-0.05, 0) is 60.5 Å². The minimum absolute atomic E-state index is 0.161. The molecule has 0 saturated carbocycles. The van der Waals surface area contributed by atoms with Crippen LogP contribution >= 0.6 is 0 Å². The van der Waals surface area contributed by atoms with Gasteiger partial charge in [-0.1, -0.05) is 42.5 Å². The quantitative estimate of drug-likeness (QED) is 0.417. The number of carbonyl (C=O) groups is 2. The van der Waals surface area contributed by atoms with Crippen LogP contribution in [0, 0.1) is 0 Å². The SMILES string of the molecule is COC(=O)c1ccc(COc2cccc(C=C3C(=O)N(c4ccccc4)N=C3C)c2)cc1. The fourth-order valence-electron chi connectivity index (χ4n) is 3.31. The van der Waals surface area contributed by atoms with E-state index in [4.69, 9.17) is 9.47 Å². The van der Waals surface area contributed by atoms with Gasteiger partial charge in [-0.3, -0.25) is 4.79 Å². The second-order valence-electron chi connectivity index (χ2n) is 7.25. The van der Waals surface area contributed by atoms with Gasteiger partial charge in [0.15, 0.2) is 0 Å². The molecule has 4 rings (SSSR count). The van der Waals surface area contributed by atoms with Crippen LogP contribution in [-0.4, -0.2) is 24.7 Å². The lowest BCUT2D eigenvalue weighted by Crippen LogP contribution is -2.21. The smallest absolute Gasteiger partial charge is 0.337 e. The average Bonchev–Trinajstić information content (AvgIpc) is 3.12. The van der Waals surface area contributed by atoms with Crippen molar-refractivity contribution >= 4 is 29.4 Å². The highest BCUT2D eigenvalue weighted by molar-refractivity contribution is 6.32. The Bertz CT molecular complexity index is 1200. The fraction of sp³-hybridized carbons (Fsp3) is 0.115. The molecule has 3 aromatic rings. The van der Waals surface area contributed by atoms with Gasteiger partial charge in [-0.25, -0.2) is 4.79 Å². The molecule has 0 saturated heterocycles. The zero-order valence-electron chi connectivity index (χ0n) is 17.8. The normalized spacial score (nSPS) is 14.4. The Labute approximate surface area is 186 Å². The van der Waals surface area contributed by atoms with E-state index in [0.717, 1.165) is 16.8 Å². The van der Waals surface area contributed by atoms with E-state index >= 15 is 0 Å². The number of esters is 1. The van der Waals surface area contributed by atoms with E-state index in [1.807, 2.05) is 79.7 Å². The maximum Gasteiger partial charge on any atom is 0.337 e. The molecule has 0 radical (unpaired) electrons. The summed E-state index contributed by atoms with van der Waals surface area (Å²) in [6.07, 6.45) is 1.82. The molecule has 3 aromatic carbocycles. The highest BCUT2D eigenvalue weighted by atomic mass is 16.5. The van der Waals surface area contributed by atoms with Gasteiger partial charge >= 0.3 is 5.97 Å². The number of hydrogen-bond acceptors (Lipinski definition) is 5. The molecule has 0 atom stereocenters. The van der Waals surface area contributed by atoms with E-state index < -0.39 is 0 Å². The molecular formula is C26H22N2O4. The lowest BCUT2D eigenvalue weighted by Gasteiger charge is -2.11. The van der Waals surface area contributed by atoms with Crippen molar-refractivity contribution in [3.05, 3.63) is 101 Å². The molecule has 0 unspecified atom stereocenters. The van der Waals surface area contributed by atoms with Crippen molar-refractivity contribution in [2.45, 2.75) is 13.5 Å². The largest absolute Gasteiger partial charge is 0.489 e. The molecule has 1 aliphatic heterocycles. The molecule has 6 nitrogen and oxygen atoms in total. The lowest BCUT2D eigenvalue weighted by atomic mass is 10.1. The summed E-state index contributed by atoms with van der Waals surface area (Å²) in [6, 6.07) is 23.9. The van der Waals surface area contributed by atoms with E-state index in [0.29, 0.717) is 29.2 Å². The van der Waals surface area contributed by atoms with Crippen LogP contribution in [0.15, 0.2) is 89.5 Å². The first-order chi connectivity index (χ1) is 15.5. The summed E-state index contributed by atoms with van der Waals surface area (Å²) in [7, 11) is 1.35. The van der Waals surface area contributed by atoms with E-state index in [-0.39, 0.29) is 11.9 Å². The van der Waals surface area contributed by atoms with Gasteiger partial charge in [0, 0.05) is 0 Å². The molecule has 6 heteroatoms. The van der Waals surface area contributed by atoms with Crippen molar-refractivity contribution in [3.63, 3.8) is 0 Å².